The zero-order valence-electron chi connectivity index (χ0n) is 11.1. The Morgan fingerprint density at radius 3 is 2.53 bits per heavy atom. The minimum Gasteiger partial charge on any atom is -0.392 e. The van der Waals surface area contributed by atoms with Gasteiger partial charge in [-0.05, 0) is 56.8 Å². The molecule has 2 bridgehead atoms. The number of rotatable bonds is 3. The van der Waals surface area contributed by atoms with Crippen molar-refractivity contribution >= 4 is 0 Å². The summed E-state index contributed by atoms with van der Waals surface area (Å²) in [4.78, 5) is 0. The van der Waals surface area contributed by atoms with E-state index in [4.69, 9.17) is 0 Å². The van der Waals surface area contributed by atoms with Gasteiger partial charge in [0.1, 0.15) is 0 Å². The average molecular weight is 237 g/mol. The van der Waals surface area contributed by atoms with Gasteiger partial charge >= 0.3 is 0 Å². The molecule has 0 radical (unpaired) electrons. The van der Waals surface area contributed by atoms with Crippen molar-refractivity contribution in [1.82, 2.24) is 5.32 Å². The largest absolute Gasteiger partial charge is 0.392 e. The van der Waals surface area contributed by atoms with Crippen molar-refractivity contribution in [2.75, 3.05) is 0 Å². The third kappa shape index (κ3) is 2.39. The number of aliphatic hydroxyl groups excluding tert-OH is 1. The molecular formula is C15H27NO. The molecule has 3 fully saturated rings. The lowest BCUT2D eigenvalue weighted by Gasteiger charge is -2.35. The highest BCUT2D eigenvalue weighted by Crippen LogP contribution is 2.49. The van der Waals surface area contributed by atoms with E-state index in [0.29, 0.717) is 12.1 Å². The van der Waals surface area contributed by atoms with E-state index < -0.39 is 0 Å². The maximum Gasteiger partial charge on any atom is 0.0693 e. The number of fused-ring (bicyclic) bond motifs is 2. The van der Waals surface area contributed by atoms with E-state index in [1.807, 2.05) is 0 Å². The van der Waals surface area contributed by atoms with Gasteiger partial charge in [-0.1, -0.05) is 19.3 Å². The molecule has 3 rings (SSSR count). The molecule has 6 atom stereocenters. The van der Waals surface area contributed by atoms with Gasteiger partial charge in [0.2, 0.25) is 0 Å². The van der Waals surface area contributed by atoms with Crippen molar-refractivity contribution in [2.45, 2.75) is 76.5 Å². The maximum absolute atomic E-state index is 10.0. The zero-order chi connectivity index (χ0) is 11.8. The molecule has 3 saturated carbocycles. The second-order valence-corrected chi connectivity index (χ2v) is 6.75. The second kappa shape index (κ2) is 4.89. The van der Waals surface area contributed by atoms with Crippen molar-refractivity contribution < 1.29 is 5.11 Å². The highest BCUT2D eigenvalue weighted by Gasteiger charge is 2.42. The first kappa shape index (κ1) is 12.0. The first-order chi connectivity index (χ1) is 8.24. The highest BCUT2D eigenvalue weighted by molar-refractivity contribution is 4.95. The normalized spacial score (nSPS) is 47.3. The van der Waals surface area contributed by atoms with E-state index in [2.05, 4.69) is 12.2 Å². The third-order valence-electron chi connectivity index (χ3n) is 5.64. The Kier molecular flexibility index (Phi) is 3.45. The molecule has 0 spiro atoms. The summed E-state index contributed by atoms with van der Waals surface area (Å²) in [5, 5.41) is 13.8. The topological polar surface area (TPSA) is 32.3 Å². The van der Waals surface area contributed by atoms with Crippen LogP contribution in [0.3, 0.4) is 0 Å². The van der Waals surface area contributed by atoms with E-state index in [1.54, 1.807) is 0 Å². The molecule has 0 aromatic rings. The molecule has 0 aromatic heterocycles. The minimum absolute atomic E-state index is 0.0928. The Labute approximate surface area is 105 Å². The fourth-order valence-corrected chi connectivity index (χ4v) is 4.67. The summed E-state index contributed by atoms with van der Waals surface area (Å²) in [5.41, 5.74) is 0. The summed E-state index contributed by atoms with van der Waals surface area (Å²) in [6, 6.07) is 0.987. The van der Waals surface area contributed by atoms with Crippen molar-refractivity contribution in [3.05, 3.63) is 0 Å². The zero-order valence-corrected chi connectivity index (χ0v) is 11.1. The van der Waals surface area contributed by atoms with Crippen LogP contribution >= 0.6 is 0 Å². The van der Waals surface area contributed by atoms with Crippen LogP contribution in [0.5, 0.6) is 0 Å². The molecule has 0 aromatic carbocycles. The van der Waals surface area contributed by atoms with Gasteiger partial charge in [-0.2, -0.15) is 0 Å². The molecule has 2 nitrogen and oxygen atoms in total. The number of hydrogen-bond donors (Lipinski definition) is 2. The van der Waals surface area contributed by atoms with Crippen molar-refractivity contribution in [2.24, 2.45) is 17.8 Å². The highest BCUT2D eigenvalue weighted by atomic mass is 16.3. The van der Waals surface area contributed by atoms with Crippen LogP contribution < -0.4 is 5.32 Å². The van der Waals surface area contributed by atoms with Gasteiger partial charge < -0.3 is 10.4 Å². The summed E-state index contributed by atoms with van der Waals surface area (Å²) >= 11 is 0. The molecule has 2 N–H and O–H groups in total. The maximum atomic E-state index is 10.0. The Bertz CT molecular complexity index is 268. The van der Waals surface area contributed by atoms with E-state index in [9.17, 15) is 5.11 Å². The van der Waals surface area contributed by atoms with E-state index in [1.165, 1.54) is 44.9 Å². The molecule has 4 unspecified atom stereocenters. The molecular weight excluding hydrogens is 210 g/mol. The van der Waals surface area contributed by atoms with Gasteiger partial charge in [0.05, 0.1) is 6.10 Å². The Morgan fingerprint density at radius 2 is 1.88 bits per heavy atom. The molecule has 0 heterocycles. The molecule has 3 aliphatic rings. The molecule has 17 heavy (non-hydrogen) atoms. The van der Waals surface area contributed by atoms with Crippen LogP contribution in [0.15, 0.2) is 0 Å². The average Bonchev–Trinajstić information content (AvgIpc) is 2.94. The van der Waals surface area contributed by atoms with Crippen LogP contribution in [0.25, 0.3) is 0 Å². The van der Waals surface area contributed by atoms with Crippen molar-refractivity contribution in [1.29, 1.82) is 0 Å². The molecule has 0 saturated heterocycles. The Morgan fingerprint density at radius 1 is 1.06 bits per heavy atom. The van der Waals surface area contributed by atoms with Crippen LogP contribution in [0.2, 0.25) is 0 Å². The van der Waals surface area contributed by atoms with E-state index in [0.717, 1.165) is 24.2 Å². The van der Waals surface area contributed by atoms with Gasteiger partial charge in [0.25, 0.3) is 0 Å². The van der Waals surface area contributed by atoms with Crippen molar-refractivity contribution in [3.8, 4) is 0 Å². The Balaban J connectivity index is 1.54. The first-order valence-corrected chi connectivity index (χ1v) is 7.68. The summed E-state index contributed by atoms with van der Waals surface area (Å²) < 4.78 is 0. The summed E-state index contributed by atoms with van der Waals surface area (Å²) in [6.45, 7) is 2.35. The lowest BCUT2D eigenvalue weighted by molar-refractivity contribution is 0.0775. The third-order valence-corrected chi connectivity index (χ3v) is 5.64. The smallest absolute Gasteiger partial charge is 0.0693 e. The SMILES string of the molecule is CC(N[C@@H]1CCCC[C@H]1O)C1CC2CCC1C2. The molecule has 98 valence electrons. The summed E-state index contributed by atoms with van der Waals surface area (Å²) in [7, 11) is 0. The molecule has 0 amide bonds. The standard InChI is InChI=1S/C15H27NO/c1-10(13-9-11-6-7-12(13)8-11)16-14-4-2-3-5-15(14)17/h10-17H,2-9H2,1H3/t10?,11?,12?,13?,14-,15-/m1/s1. The summed E-state index contributed by atoms with van der Waals surface area (Å²) in [6.07, 6.45) is 10.5. The predicted octanol–water partition coefficient (Wildman–Crippen LogP) is 2.70. The lowest BCUT2D eigenvalue weighted by atomic mass is 9.82. The number of nitrogens with one attached hydrogen (secondary N) is 1. The van der Waals surface area contributed by atoms with Crippen LogP contribution in [0.1, 0.15) is 58.3 Å². The van der Waals surface area contributed by atoms with Gasteiger partial charge in [0.15, 0.2) is 0 Å². The van der Waals surface area contributed by atoms with Crippen LogP contribution in [-0.2, 0) is 0 Å². The first-order valence-electron chi connectivity index (χ1n) is 7.68. The minimum atomic E-state index is -0.0928. The predicted molar refractivity (Wildman–Crippen MR) is 69.8 cm³/mol. The van der Waals surface area contributed by atoms with Gasteiger partial charge in [-0.3, -0.25) is 0 Å². The number of aliphatic hydroxyl groups is 1. The molecule has 0 aliphatic heterocycles. The van der Waals surface area contributed by atoms with Gasteiger partial charge in [0, 0.05) is 12.1 Å². The van der Waals surface area contributed by atoms with Crippen LogP contribution in [0.4, 0.5) is 0 Å². The van der Waals surface area contributed by atoms with Crippen molar-refractivity contribution in [3.63, 3.8) is 0 Å². The van der Waals surface area contributed by atoms with Gasteiger partial charge in [-0.25, -0.2) is 0 Å². The fraction of sp³-hybridized carbons (Fsp3) is 1.00. The number of hydrogen-bond acceptors (Lipinski definition) is 2. The lowest BCUT2D eigenvalue weighted by Crippen LogP contribution is -2.49. The summed E-state index contributed by atoms with van der Waals surface area (Å²) in [5.74, 6) is 2.91. The monoisotopic (exact) mass is 237 g/mol. The second-order valence-electron chi connectivity index (χ2n) is 6.75. The van der Waals surface area contributed by atoms with Crippen LogP contribution in [0, 0.1) is 17.8 Å². The van der Waals surface area contributed by atoms with E-state index in [-0.39, 0.29) is 6.10 Å². The van der Waals surface area contributed by atoms with Gasteiger partial charge in [-0.15, -0.1) is 0 Å². The quantitative estimate of drug-likeness (QED) is 0.791. The molecule has 3 aliphatic carbocycles. The Hall–Kier alpha value is -0.0800. The van der Waals surface area contributed by atoms with E-state index >= 15 is 0 Å². The fourth-order valence-electron chi connectivity index (χ4n) is 4.67. The molecule has 2 heteroatoms. The van der Waals surface area contributed by atoms with Crippen LogP contribution in [-0.4, -0.2) is 23.3 Å².